The lowest BCUT2D eigenvalue weighted by Crippen LogP contribution is -2.62. The zero-order chi connectivity index (χ0) is 17.2. The van der Waals surface area contributed by atoms with Crippen molar-refractivity contribution < 1.29 is 27.9 Å². The molecule has 4 rings (SSSR count). The highest BCUT2D eigenvalue weighted by Gasteiger charge is 2.69. The molecule has 0 aromatic carbocycles. The SMILES string of the molecule is CC(C(=O)O)N(C)C(=O)C12CC3CC(C1)CC(C(F)(F)F)(C3)C2. The number of carboxylic acids is 1. The van der Waals surface area contributed by atoms with Crippen molar-refractivity contribution >= 4 is 11.9 Å². The Morgan fingerprint density at radius 3 is 2.13 bits per heavy atom. The second-order valence-electron chi connectivity index (χ2n) is 7.95. The molecular weight excluding hydrogens is 311 g/mol. The van der Waals surface area contributed by atoms with Gasteiger partial charge in [0.25, 0.3) is 0 Å². The summed E-state index contributed by atoms with van der Waals surface area (Å²) in [6.45, 7) is 1.39. The second-order valence-corrected chi connectivity index (χ2v) is 7.95. The number of halogens is 3. The Morgan fingerprint density at radius 2 is 1.70 bits per heavy atom. The van der Waals surface area contributed by atoms with E-state index >= 15 is 0 Å². The average Bonchev–Trinajstić information content (AvgIpc) is 2.42. The van der Waals surface area contributed by atoms with E-state index < -0.39 is 34.9 Å². The van der Waals surface area contributed by atoms with Crippen molar-refractivity contribution in [3.63, 3.8) is 0 Å². The van der Waals surface area contributed by atoms with Gasteiger partial charge in [0.1, 0.15) is 6.04 Å². The number of nitrogens with zero attached hydrogens (tertiary/aromatic N) is 1. The lowest BCUT2D eigenvalue weighted by molar-refractivity contribution is -0.284. The summed E-state index contributed by atoms with van der Waals surface area (Å²) in [6.07, 6.45) is -2.52. The number of rotatable bonds is 3. The topological polar surface area (TPSA) is 57.6 Å². The van der Waals surface area contributed by atoms with Gasteiger partial charge >= 0.3 is 12.1 Å². The third-order valence-corrected chi connectivity index (χ3v) is 6.37. The van der Waals surface area contributed by atoms with Crippen LogP contribution >= 0.6 is 0 Å². The van der Waals surface area contributed by atoms with Crippen molar-refractivity contribution in [2.24, 2.45) is 22.7 Å². The van der Waals surface area contributed by atoms with Gasteiger partial charge in [0.05, 0.1) is 10.8 Å². The predicted octanol–water partition coefficient (Wildman–Crippen LogP) is 3.07. The van der Waals surface area contributed by atoms with E-state index in [0.717, 1.165) is 11.3 Å². The number of alkyl halides is 3. The molecule has 1 N–H and O–H groups in total. The van der Waals surface area contributed by atoms with Crippen molar-refractivity contribution in [2.45, 2.75) is 57.7 Å². The van der Waals surface area contributed by atoms with E-state index in [9.17, 15) is 22.8 Å². The van der Waals surface area contributed by atoms with Gasteiger partial charge < -0.3 is 10.0 Å². The fourth-order valence-corrected chi connectivity index (χ4v) is 5.56. The van der Waals surface area contributed by atoms with Crippen LogP contribution in [0.4, 0.5) is 13.2 Å². The molecule has 3 atom stereocenters. The third kappa shape index (κ3) is 2.34. The van der Waals surface area contributed by atoms with Crippen LogP contribution in [-0.2, 0) is 9.59 Å². The Bertz CT molecular complexity index is 531. The number of hydrogen-bond acceptors (Lipinski definition) is 2. The Hall–Kier alpha value is -1.27. The molecule has 0 aliphatic heterocycles. The second kappa shape index (κ2) is 4.86. The number of carboxylic acid groups (broad SMARTS) is 1. The van der Waals surface area contributed by atoms with E-state index in [1.165, 1.54) is 14.0 Å². The fraction of sp³-hybridized carbons (Fsp3) is 0.875. The summed E-state index contributed by atoms with van der Waals surface area (Å²) in [4.78, 5) is 25.2. The van der Waals surface area contributed by atoms with E-state index in [-0.39, 0.29) is 31.1 Å². The van der Waals surface area contributed by atoms with Crippen molar-refractivity contribution in [1.29, 1.82) is 0 Å². The number of likely N-dealkylation sites (N-methyl/N-ethyl adjacent to an activating group) is 1. The number of amides is 1. The molecule has 4 aliphatic carbocycles. The third-order valence-electron chi connectivity index (χ3n) is 6.37. The van der Waals surface area contributed by atoms with E-state index in [0.29, 0.717) is 12.8 Å². The predicted molar refractivity (Wildman–Crippen MR) is 75.5 cm³/mol. The van der Waals surface area contributed by atoms with E-state index in [2.05, 4.69) is 0 Å². The Labute approximate surface area is 133 Å². The maximum atomic E-state index is 13.7. The molecule has 0 radical (unpaired) electrons. The summed E-state index contributed by atoms with van der Waals surface area (Å²) in [7, 11) is 1.39. The first-order chi connectivity index (χ1) is 10.5. The lowest BCUT2D eigenvalue weighted by Gasteiger charge is -2.61. The number of aliphatic carboxylic acids is 1. The molecule has 0 aromatic rings. The smallest absolute Gasteiger partial charge is 0.394 e. The Balaban J connectivity index is 1.93. The van der Waals surface area contributed by atoms with Crippen LogP contribution < -0.4 is 0 Å². The summed E-state index contributed by atoms with van der Waals surface area (Å²) < 4.78 is 41.1. The van der Waals surface area contributed by atoms with E-state index in [1.54, 1.807) is 0 Å². The highest BCUT2D eigenvalue weighted by atomic mass is 19.4. The lowest BCUT2D eigenvalue weighted by atomic mass is 9.43. The molecule has 4 aliphatic rings. The monoisotopic (exact) mass is 333 g/mol. The van der Waals surface area contributed by atoms with Crippen LogP contribution in [0.1, 0.15) is 45.4 Å². The van der Waals surface area contributed by atoms with Gasteiger partial charge in [-0.1, -0.05) is 0 Å². The van der Waals surface area contributed by atoms with Crippen LogP contribution in [0.15, 0.2) is 0 Å². The average molecular weight is 333 g/mol. The minimum atomic E-state index is -4.30. The quantitative estimate of drug-likeness (QED) is 0.863. The van der Waals surface area contributed by atoms with Crippen LogP contribution in [0.5, 0.6) is 0 Å². The highest BCUT2D eigenvalue weighted by molar-refractivity contribution is 5.87. The molecule has 4 nitrogen and oxygen atoms in total. The molecule has 0 spiro atoms. The number of carbonyl (C=O) groups is 2. The molecule has 7 heteroatoms. The van der Waals surface area contributed by atoms with Crippen molar-refractivity contribution in [1.82, 2.24) is 4.90 Å². The molecule has 4 saturated carbocycles. The minimum absolute atomic E-state index is 0.0737. The normalized spacial score (nSPS) is 40.0. The fourth-order valence-electron chi connectivity index (χ4n) is 5.56. The summed E-state index contributed by atoms with van der Waals surface area (Å²) in [5.74, 6) is -1.71. The largest absolute Gasteiger partial charge is 0.480 e. The van der Waals surface area contributed by atoms with E-state index in [1.807, 2.05) is 0 Å². The summed E-state index contributed by atoms with van der Waals surface area (Å²) in [5, 5.41) is 9.09. The summed E-state index contributed by atoms with van der Waals surface area (Å²) >= 11 is 0. The van der Waals surface area contributed by atoms with Gasteiger partial charge in [-0.25, -0.2) is 4.79 Å². The van der Waals surface area contributed by atoms with Gasteiger partial charge in [0.2, 0.25) is 5.91 Å². The molecule has 23 heavy (non-hydrogen) atoms. The zero-order valence-electron chi connectivity index (χ0n) is 13.3. The van der Waals surface area contributed by atoms with Gasteiger partial charge in [-0.15, -0.1) is 0 Å². The number of carbonyl (C=O) groups excluding carboxylic acids is 1. The van der Waals surface area contributed by atoms with Gasteiger partial charge in [-0.05, 0) is 57.3 Å². The first-order valence-electron chi connectivity index (χ1n) is 8.06. The Morgan fingerprint density at radius 1 is 1.17 bits per heavy atom. The first-order valence-corrected chi connectivity index (χ1v) is 8.06. The molecule has 130 valence electrons. The molecule has 1 amide bonds. The first kappa shape index (κ1) is 16.6. The highest BCUT2D eigenvalue weighted by Crippen LogP contribution is 2.69. The van der Waals surface area contributed by atoms with Crippen LogP contribution in [-0.4, -0.2) is 41.1 Å². The van der Waals surface area contributed by atoms with Crippen molar-refractivity contribution in [3.05, 3.63) is 0 Å². The van der Waals surface area contributed by atoms with Crippen LogP contribution in [0.3, 0.4) is 0 Å². The van der Waals surface area contributed by atoms with Crippen molar-refractivity contribution in [3.8, 4) is 0 Å². The van der Waals surface area contributed by atoms with Crippen LogP contribution in [0.2, 0.25) is 0 Å². The van der Waals surface area contributed by atoms with Crippen molar-refractivity contribution in [2.75, 3.05) is 7.05 Å². The molecule has 0 saturated heterocycles. The molecule has 0 aromatic heterocycles. The maximum absolute atomic E-state index is 13.7. The number of hydrogen-bond donors (Lipinski definition) is 1. The van der Waals surface area contributed by atoms with Crippen LogP contribution in [0.25, 0.3) is 0 Å². The summed E-state index contributed by atoms with van der Waals surface area (Å²) in [6, 6.07) is -1.03. The molecule has 3 unspecified atom stereocenters. The van der Waals surface area contributed by atoms with E-state index in [4.69, 9.17) is 5.11 Å². The maximum Gasteiger partial charge on any atom is 0.394 e. The van der Waals surface area contributed by atoms with Gasteiger partial charge in [0, 0.05) is 7.05 Å². The molecule has 4 fully saturated rings. The molecular formula is C16H22F3NO3. The molecule has 0 heterocycles. The summed E-state index contributed by atoms with van der Waals surface area (Å²) in [5.41, 5.74) is -2.78. The van der Waals surface area contributed by atoms with Gasteiger partial charge in [0.15, 0.2) is 0 Å². The minimum Gasteiger partial charge on any atom is -0.480 e. The Kier molecular flexibility index (Phi) is 3.51. The van der Waals surface area contributed by atoms with Gasteiger partial charge in [-0.2, -0.15) is 13.2 Å². The standard InChI is InChI=1S/C16H22F3NO3/c1-9(12(21)22)20(2)13(23)14-4-10-3-11(5-14)7-15(6-10,8-14)16(17,18)19/h9-11H,3-8H2,1-2H3,(H,21,22). The molecule has 4 bridgehead atoms. The van der Waals surface area contributed by atoms with Crippen LogP contribution in [0, 0.1) is 22.7 Å². The van der Waals surface area contributed by atoms with Gasteiger partial charge in [-0.3, -0.25) is 4.79 Å². The zero-order valence-corrected chi connectivity index (χ0v) is 13.3.